The smallest absolute Gasteiger partial charge is 0.273 e. The molecule has 134 valence electrons. The van der Waals surface area contributed by atoms with Crippen LogP contribution >= 0.6 is 11.6 Å². The van der Waals surface area contributed by atoms with Crippen molar-refractivity contribution in [1.82, 2.24) is 14.8 Å². The molecule has 0 aliphatic rings. The van der Waals surface area contributed by atoms with E-state index in [0.717, 1.165) is 5.56 Å². The van der Waals surface area contributed by atoms with Gasteiger partial charge in [0.15, 0.2) is 0 Å². The van der Waals surface area contributed by atoms with E-state index in [1.807, 2.05) is 18.2 Å². The average molecular weight is 379 g/mol. The first-order chi connectivity index (χ1) is 13.1. The highest BCUT2D eigenvalue weighted by Gasteiger charge is 2.12. The SMILES string of the molecule is O=C(Nc1ccnn1Cc1ccc(Cl)cc1)c1cc2ccccc2c(=O)[nH]1. The molecule has 0 unspecified atom stereocenters. The molecule has 0 spiro atoms. The maximum Gasteiger partial charge on any atom is 0.273 e. The normalized spacial score (nSPS) is 10.9. The van der Waals surface area contributed by atoms with Crippen molar-refractivity contribution < 1.29 is 4.79 Å². The zero-order chi connectivity index (χ0) is 18.8. The highest BCUT2D eigenvalue weighted by molar-refractivity contribution is 6.30. The van der Waals surface area contributed by atoms with Crippen molar-refractivity contribution in [2.75, 3.05) is 5.32 Å². The van der Waals surface area contributed by atoms with Gasteiger partial charge < -0.3 is 10.3 Å². The number of aromatic amines is 1. The van der Waals surface area contributed by atoms with Crippen molar-refractivity contribution >= 4 is 34.1 Å². The van der Waals surface area contributed by atoms with E-state index in [4.69, 9.17) is 11.6 Å². The minimum atomic E-state index is -0.407. The lowest BCUT2D eigenvalue weighted by Gasteiger charge is -2.10. The maximum absolute atomic E-state index is 12.6. The number of H-pyrrole nitrogens is 1. The van der Waals surface area contributed by atoms with Gasteiger partial charge in [0.05, 0.1) is 12.7 Å². The molecule has 6 nitrogen and oxygen atoms in total. The number of amides is 1. The Kier molecular flexibility index (Phi) is 4.48. The van der Waals surface area contributed by atoms with Crippen LogP contribution in [-0.2, 0) is 6.54 Å². The monoisotopic (exact) mass is 378 g/mol. The van der Waals surface area contributed by atoms with Crippen LogP contribution in [0.5, 0.6) is 0 Å². The van der Waals surface area contributed by atoms with Crippen molar-refractivity contribution in [2.24, 2.45) is 0 Å². The number of rotatable bonds is 4. The lowest BCUT2D eigenvalue weighted by molar-refractivity contribution is 0.102. The first kappa shape index (κ1) is 17.1. The molecule has 0 aliphatic heterocycles. The fourth-order valence-corrected chi connectivity index (χ4v) is 2.97. The molecule has 27 heavy (non-hydrogen) atoms. The van der Waals surface area contributed by atoms with Gasteiger partial charge in [-0.05, 0) is 35.2 Å². The van der Waals surface area contributed by atoms with Gasteiger partial charge in [-0.15, -0.1) is 0 Å². The summed E-state index contributed by atoms with van der Waals surface area (Å²) < 4.78 is 1.67. The molecule has 4 rings (SSSR count). The molecule has 0 fully saturated rings. The second-order valence-electron chi connectivity index (χ2n) is 6.05. The highest BCUT2D eigenvalue weighted by atomic mass is 35.5. The molecular weight excluding hydrogens is 364 g/mol. The van der Waals surface area contributed by atoms with E-state index in [0.29, 0.717) is 28.2 Å². The van der Waals surface area contributed by atoms with E-state index in [9.17, 15) is 9.59 Å². The molecule has 7 heteroatoms. The topological polar surface area (TPSA) is 79.8 Å². The third-order valence-electron chi connectivity index (χ3n) is 4.20. The van der Waals surface area contributed by atoms with Gasteiger partial charge in [0.2, 0.25) is 0 Å². The van der Waals surface area contributed by atoms with Crippen LogP contribution in [0.25, 0.3) is 10.8 Å². The molecule has 2 N–H and O–H groups in total. The van der Waals surface area contributed by atoms with E-state index < -0.39 is 5.91 Å². The maximum atomic E-state index is 12.6. The summed E-state index contributed by atoms with van der Waals surface area (Å²) in [6.07, 6.45) is 1.61. The quantitative estimate of drug-likeness (QED) is 0.568. The third kappa shape index (κ3) is 3.61. The fourth-order valence-electron chi connectivity index (χ4n) is 2.84. The van der Waals surface area contributed by atoms with E-state index in [2.05, 4.69) is 15.4 Å². The number of carbonyl (C=O) groups is 1. The van der Waals surface area contributed by atoms with E-state index in [1.165, 1.54) is 0 Å². The number of benzene rings is 2. The van der Waals surface area contributed by atoms with Gasteiger partial charge in [0.25, 0.3) is 11.5 Å². The van der Waals surface area contributed by atoms with Crippen LogP contribution in [0.3, 0.4) is 0 Å². The predicted molar refractivity (Wildman–Crippen MR) is 105 cm³/mol. The Morgan fingerprint density at radius 2 is 1.89 bits per heavy atom. The summed E-state index contributed by atoms with van der Waals surface area (Å²) in [5, 5.41) is 8.95. The van der Waals surface area contributed by atoms with Crippen LogP contribution in [-0.4, -0.2) is 20.7 Å². The second kappa shape index (κ2) is 7.09. The molecule has 2 aromatic heterocycles. The summed E-state index contributed by atoms with van der Waals surface area (Å²) in [4.78, 5) is 27.4. The van der Waals surface area contributed by atoms with Crippen molar-refractivity contribution in [3.05, 3.63) is 93.5 Å². The molecular formula is C20H15ClN4O2. The Labute approximate surface area is 159 Å². The molecule has 0 aliphatic carbocycles. The number of carbonyl (C=O) groups excluding carboxylic acids is 1. The van der Waals surface area contributed by atoms with Gasteiger partial charge in [-0.3, -0.25) is 9.59 Å². The van der Waals surface area contributed by atoms with Gasteiger partial charge in [0, 0.05) is 16.5 Å². The minimum Gasteiger partial charge on any atom is -0.317 e. The summed E-state index contributed by atoms with van der Waals surface area (Å²) in [7, 11) is 0. The van der Waals surface area contributed by atoms with Gasteiger partial charge in [-0.1, -0.05) is 41.9 Å². The first-order valence-electron chi connectivity index (χ1n) is 8.30. The lowest BCUT2D eigenvalue weighted by atomic mass is 10.1. The zero-order valence-electron chi connectivity index (χ0n) is 14.1. The lowest BCUT2D eigenvalue weighted by Crippen LogP contribution is -2.20. The van der Waals surface area contributed by atoms with Gasteiger partial charge >= 0.3 is 0 Å². The third-order valence-corrected chi connectivity index (χ3v) is 4.45. The number of halogens is 1. The Morgan fingerprint density at radius 3 is 2.70 bits per heavy atom. The Balaban J connectivity index is 1.58. The molecule has 0 saturated carbocycles. The number of aromatic nitrogens is 3. The molecule has 1 amide bonds. The molecule has 2 aromatic carbocycles. The summed E-state index contributed by atoms with van der Waals surface area (Å²) in [6, 6.07) is 17.9. The van der Waals surface area contributed by atoms with Crippen LogP contribution in [0.15, 0.2) is 71.7 Å². The van der Waals surface area contributed by atoms with E-state index in [-0.39, 0.29) is 11.3 Å². The largest absolute Gasteiger partial charge is 0.317 e. The standard InChI is InChI=1S/C20H15ClN4O2/c21-15-7-5-13(6-8-15)12-25-18(9-10-22-25)24-20(27)17-11-14-3-1-2-4-16(14)19(26)23-17/h1-11H,12H2,(H,23,26)(H,24,27). The van der Waals surface area contributed by atoms with Crippen molar-refractivity contribution in [2.45, 2.75) is 6.54 Å². The van der Waals surface area contributed by atoms with Crippen LogP contribution < -0.4 is 10.9 Å². The molecule has 0 saturated heterocycles. The first-order valence-corrected chi connectivity index (χ1v) is 8.67. The van der Waals surface area contributed by atoms with Crippen LogP contribution in [0.4, 0.5) is 5.82 Å². The summed E-state index contributed by atoms with van der Waals surface area (Å²) in [5.74, 6) is 0.125. The number of fused-ring (bicyclic) bond motifs is 1. The van der Waals surface area contributed by atoms with Crippen molar-refractivity contribution in [1.29, 1.82) is 0 Å². The Morgan fingerprint density at radius 1 is 1.11 bits per heavy atom. The highest BCUT2D eigenvalue weighted by Crippen LogP contribution is 2.15. The van der Waals surface area contributed by atoms with Crippen LogP contribution in [0.2, 0.25) is 5.02 Å². The van der Waals surface area contributed by atoms with Gasteiger partial charge in [-0.2, -0.15) is 5.10 Å². The predicted octanol–water partition coefficient (Wildman–Crippen LogP) is 3.68. The summed E-state index contributed by atoms with van der Waals surface area (Å²) >= 11 is 5.91. The molecule has 0 bridgehead atoms. The number of nitrogens with zero attached hydrogens (tertiary/aromatic N) is 2. The summed E-state index contributed by atoms with van der Waals surface area (Å²) in [5.41, 5.74) is 0.892. The second-order valence-corrected chi connectivity index (χ2v) is 6.49. The van der Waals surface area contributed by atoms with Crippen LogP contribution in [0.1, 0.15) is 16.1 Å². The summed E-state index contributed by atoms with van der Waals surface area (Å²) in [6.45, 7) is 0.480. The van der Waals surface area contributed by atoms with Gasteiger partial charge in [0.1, 0.15) is 11.5 Å². The van der Waals surface area contributed by atoms with Gasteiger partial charge in [-0.25, -0.2) is 4.68 Å². The average Bonchev–Trinajstić information content (AvgIpc) is 3.10. The number of anilines is 1. The molecule has 0 radical (unpaired) electrons. The number of pyridine rings is 1. The molecule has 2 heterocycles. The minimum absolute atomic E-state index is 0.193. The Bertz CT molecular complexity index is 1180. The van der Waals surface area contributed by atoms with Crippen molar-refractivity contribution in [3.8, 4) is 0 Å². The van der Waals surface area contributed by atoms with E-state index in [1.54, 1.807) is 53.3 Å². The number of hydrogen-bond donors (Lipinski definition) is 2. The zero-order valence-corrected chi connectivity index (χ0v) is 14.9. The number of hydrogen-bond acceptors (Lipinski definition) is 3. The van der Waals surface area contributed by atoms with Crippen molar-refractivity contribution in [3.63, 3.8) is 0 Å². The molecule has 0 atom stereocenters. The van der Waals surface area contributed by atoms with Crippen LogP contribution in [0, 0.1) is 0 Å². The number of nitrogens with one attached hydrogen (secondary N) is 2. The molecule has 4 aromatic rings. The fraction of sp³-hybridized carbons (Fsp3) is 0.0500. The van der Waals surface area contributed by atoms with E-state index >= 15 is 0 Å². The Hall–Kier alpha value is -3.38.